The van der Waals surface area contributed by atoms with Crippen molar-refractivity contribution >= 4 is 26.0 Å². The van der Waals surface area contributed by atoms with E-state index < -0.39 is 10.1 Å². The fourth-order valence-electron chi connectivity index (χ4n) is 0.607. The zero-order chi connectivity index (χ0) is 8.48. The average molecular weight is 245 g/mol. The van der Waals surface area contributed by atoms with Crippen LogP contribution in [0.25, 0.3) is 0 Å². The molecule has 1 aromatic rings. The second-order valence-corrected chi connectivity index (χ2v) is 4.27. The molecule has 0 saturated heterocycles. The molecule has 0 amide bonds. The summed E-state index contributed by atoms with van der Waals surface area (Å²) in [7, 11) is -4.04. The number of halogens is 1. The maximum atomic E-state index is 10.5. The summed E-state index contributed by atoms with van der Waals surface area (Å²) in [6.07, 6.45) is 0. The standard InChI is InChI=1S/C6H5BrO3S.Li.H/c7-5-1-3-6(4-2-5)11(8,9)10;;/h1-4H,(H,8,9,10);;/q;+1;-1. The molecule has 0 atom stereocenters. The Morgan fingerprint density at radius 2 is 1.67 bits per heavy atom. The molecule has 6 heteroatoms. The largest absolute Gasteiger partial charge is 1.00 e. The number of rotatable bonds is 1. The summed E-state index contributed by atoms with van der Waals surface area (Å²) in [5, 5.41) is 0. The van der Waals surface area contributed by atoms with Crippen molar-refractivity contribution in [3.8, 4) is 0 Å². The molecule has 3 nitrogen and oxygen atoms in total. The Hall–Kier alpha value is 0.207. The first kappa shape index (κ1) is 12.2. The molecule has 0 saturated carbocycles. The second-order valence-electron chi connectivity index (χ2n) is 1.93. The van der Waals surface area contributed by atoms with Gasteiger partial charge in [0.25, 0.3) is 10.1 Å². The predicted octanol–water partition coefficient (Wildman–Crippen LogP) is -1.19. The number of benzene rings is 1. The van der Waals surface area contributed by atoms with E-state index in [0.717, 1.165) is 4.47 Å². The van der Waals surface area contributed by atoms with Crippen LogP contribution in [0.3, 0.4) is 0 Å². The van der Waals surface area contributed by atoms with Gasteiger partial charge in [0.2, 0.25) is 0 Å². The van der Waals surface area contributed by atoms with E-state index in [4.69, 9.17) is 4.55 Å². The van der Waals surface area contributed by atoms with Crippen molar-refractivity contribution in [2.24, 2.45) is 0 Å². The zero-order valence-electron chi connectivity index (χ0n) is 7.36. The summed E-state index contributed by atoms with van der Waals surface area (Å²) in [5.41, 5.74) is 0. The van der Waals surface area contributed by atoms with Gasteiger partial charge in [0.15, 0.2) is 0 Å². The van der Waals surface area contributed by atoms with Gasteiger partial charge in [-0.15, -0.1) is 0 Å². The minimum absolute atomic E-state index is 0. The van der Waals surface area contributed by atoms with Gasteiger partial charge in [-0.1, -0.05) is 15.9 Å². The van der Waals surface area contributed by atoms with E-state index in [9.17, 15) is 8.42 Å². The SMILES string of the molecule is O=S(=O)(O)c1ccc(Br)cc1.[H-].[Li+]. The molecule has 0 aliphatic heterocycles. The van der Waals surface area contributed by atoms with Crippen LogP contribution in [0.2, 0.25) is 0 Å². The van der Waals surface area contributed by atoms with Crippen molar-refractivity contribution in [2.45, 2.75) is 4.90 Å². The monoisotopic (exact) mass is 244 g/mol. The molecular weight excluding hydrogens is 239 g/mol. The summed E-state index contributed by atoms with van der Waals surface area (Å²) in [6.45, 7) is 0. The Balaban J connectivity index is 0. The molecule has 0 fully saturated rings. The van der Waals surface area contributed by atoms with Crippen LogP contribution in [0.15, 0.2) is 33.6 Å². The Kier molecular flexibility index (Phi) is 4.52. The molecule has 0 aromatic heterocycles. The van der Waals surface area contributed by atoms with Gasteiger partial charge in [0, 0.05) is 4.47 Å². The van der Waals surface area contributed by atoms with Gasteiger partial charge in [0.05, 0.1) is 4.90 Å². The molecule has 0 bridgehead atoms. The molecule has 62 valence electrons. The van der Waals surface area contributed by atoms with E-state index in [1.165, 1.54) is 12.1 Å². The average Bonchev–Trinajstić information content (AvgIpc) is 1.86. The van der Waals surface area contributed by atoms with Crippen LogP contribution in [0.1, 0.15) is 1.43 Å². The van der Waals surface area contributed by atoms with Crippen molar-refractivity contribution in [3.05, 3.63) is 28.7 Å². The normalized spacial score (nSPS) is 10.5. The molecule has 1 aromatic carbocycles. The maximum absolute atomic E-state index is 10.5. The maximum Gasteiger partial charge on any atom is 1.00 e. The predicted molar refractivity (Wildman–Crippen MR) is 45.1 cm³/mol. The minimum Gasteiger partial charge on any atom is -1.00 e. The van der Waals surface area contributed by atoms with Crippen LogP contribution in [0, 0.1) is 0 Å². The van der Waals surface area contributed by atoms with E-state index in [1.54, 1.807) is 12.1 Å². The molecule has 1 rings (SSSR count). The van der Waals surface area contributed by atoms with E-state index in [2.05, 4.69) is 15.9 Å². The van der Waals surface area contributed by atoms with Gasteiger partial charge >= 0.3 is 18.9 Å². The Morgan fingerprint density at radius 1 is 1.25 bits per heavy atom. The van der Waals surface area contributed by atoms with Crippen molar-refractivity contribution in [1.82, 2.24) is 0 Å². The fraction of sp³-hybridized carbons (Fsp3) is 0. The first-order chi connectivity index (χ1) is 5.00. The minimum atomic E-state index is -4.04. The number of hydrogen-bond acceptors (Lipinski definition) is 2. The topological polar surface area (TPSA) is 54.4 Å². The molecule has 0 spiro atoms. The van der Waals surface area contributed by atoms with Gasteiger partial charge in [-0.2, -0.15) is 8.42 Å². The zero-order valence-corrected chi connectivity index (χ0v) is 8.76. The summed E-state index contributed by atoms with van der Waals surface area (Å²) < 4.78 is 30.3. The third kappa shape index (κ3) is 3.29. The van der Waals surface area contributed by atoms with Crippen LogP contribution in [-0.4, -0.2) is 13.0 Å². The van der Waals surface area contributed by atoms with Crippen LogP contribution >= 0.6 is 15.9 Å². The summed E-state index contributed by atoms with van der Waals surface area (Å²) >= 11 is 3.14. The first-order valence-electron chi connectivity index (χ1n) is 2.73. The number of hydrogen-bond donors (Lipinski definition) is 1. The third-order valence-electron chi connectivity index (χ3n) is 1.11. The summed E-state index contributed by atoms with van der Waals surface area (Å²) in [5.74, 6) is 0. The van der Waals surface area contributed by atoms with Crippen molar-refractivity contribution in [2.75, 3.05) is 0 Å². The summed E-state index contributed by atoms with van der Waals surface area (Å²) in [6, 6.07) is 5.73. The molecule has 0 radical (unpaired) electrons. The smallest absolute Gasteiger partial charge is 1.00 e. The van der Waals surface area contributed by atoms with E-state index in [-0.39, 0.29) is 25.2 Å². The van der Waals surface area contributed by atoms with E-state index >= 15 is 0 Å². The van der Waals surface area contributed by atoms with E-state index in [0.29, 0.717) is 0 Å². The second kappa shape index (κ2) is 4.45. The molecule has 0 heterocycles. The Labute approximate surface area is 92.7 Å². The Bertz CT molecular complexity index is 351. The van der Waals surface area contributed by atoms with Crippen molar-refractivity contribution in [3.63, 3.8) is 0 Å². The fourth-order valence-corrected chi connectivity index (χ4v) is 1.35. The van der Waals surface area contributed by atoms with Crippen LogP contribution in [0.4, 0.5) is 0 Å². The molecule has 12 heavy (non-hydrogen) atoms. The van der Waals surface area contributed by atoms with E-state index in [1.807, 2.05) is 0 Å². The van der Waals surface area contributed by atoms with Gasteiger partial charge in [0.1, 0.15) is 0 Å². The van der Waals surface area contributed by atoms with Gasteiger partial charge in [-0.25, -0.2) is 0 Å². The van der Waals surface area contributed by atoms with Crippen molar-refractivity contribution < 1.29 is 33.3 Å². The van der Waals surface area contributed by atoms with Gasteiger partial charge in [-0.3, -0.25) is 4.55 Å². The molecule has 1 N–H and O–H groups in total. The molecular formula is C6H6BrLiO3S. The first-order valence-corrected chi connectivity index (χ1v) is 4.96. The van der Waals surface area contributed by atoms with Crippen molar-refractivity contribution in [1.29, 1.82) is 0 Å². The van der Waals surface area contributed by atoms with Crippen LogP contribution < -0.4 is 18.9 Å². The molecule has 0 aliphatic carbocycles. The quantitative estimate of drug-likeness (QED) is 0.500. The Morgan fingerprint density at radius 3 is 2.00 bits per heavy atom. The molecule has 0 aliphatic rings. The van der Waals surface area contributed by atoms with Crippen LogP contribution in [-0.2, 0) is 10.1 Å². The third-order valence-corrected chi connectivity index (χ3v) is 2.51. The van der Waals surface area contributed by atoms with Gasteiger partial charge in [-0.05, 0) is 24.3 Å². The molecule has 0 unspecified atom stereocenters. The summed E-state index contributed by atoms with van der Waals surface area (Å²) in [4.78, 5) is -0.0966. The van der Waals surface area contributed by atoms with Gasteiger partial charge < -0.3 is 1.43 Å². The van der Waals surface area contributed by atoms with Crippen LogP contribution in [0.5, 0.6) is 0 Å².